The van der Waals surface area contributed by atoms with Gasteiger partial charge in [0, 0.05) is 6.20 Å². The van der Waals surface area contributed by atoms with Crippen molar-refractivity contribution in [1.29, 1.82) is 0 Å². The highest BCUT2D eigenvalue weighted by molar-refractivity contribution is 7.93. The van der Waals surface area contributed by atoms with E-state index in [-0.39, 0.29) is 10.1 Å². The molecule has 44 valence electrons. The van der Waals surface area contributed by atoms with Crippen LogP contribution in [0.4, 0.5) is 0 Å². The number of allylic oxidation sites excluding steroid dienone is 1. The molecule has 0 saturated carbocycles. The maximum Gasteiger partial charge on any atom is 0.0473 e. The number of rotatable bonds is 0. The van der Waals surface area contributed by atoms with Gasteiger partial charge < -0.3 is 10.1 Å². The highest BCUT2D eigenvalue weighted by atomic mass is 32.2. The maximum absolute atomic E-state index is 3.75. The second kappa shape index (κ2) is 2.67. The average molecular weight is 127 g/mol. The molecule has 1 rings (SSSR count). The summed E-state index contributed by atoms with van der Waals surface area (Å²) in [6.45, 7) is 0. The molecule has 8 heavy (non-hydrogen) atoms. The van der Waals surface area contributed by atoms with Gasteiger partial charge in [-0.3, -0.25) is 0 Å². The monoisotopic (exact) mass is 127 g/mol. The van der Waals surface area contributed by atoms with Gasteiger partial charge in [0.1, 0.15) is 0 Å². The summed E-state index contributed by atoms with van der Waals surface area (Å²) in [7, 11) is 0.195. The summed E-state index contributed by atoms with van der Waals surface area (Å²) in [6.07, 6.45) is 5.69. The van der Waals surface area contributed by atoms with Crippen LogP contribution in [-0.2, 0) is 10.1 Å². The molecule has 0 unspecified atom stereocenters. The van der Waals surface area contributed by atoms with Crippen molar-refractivity contribution >= 4 is 20.9 Å². The highest BCUT2D eigenvalue weighted by Crippen LogP contribution is 1.78. The van der Waals surface area contributed by atoms with E-state index >= 15 is 0 Å². The quantitative estimate of drug-likeness (QED) is 0.339. The van der Waals surface area contributed by atoms with Crippen LogP contribution in [0.25, 0.3) is 0 Å². The van der Waals surface area contributed by atoms with Crippen molar-refractivity contribution in [3.8, 4) is 0 Å². The standard InChI is InChI=1S/C5H7N2S/c1-8-4-2-3-6-7-5-8/h2-5H,1H3/q-1. The number of nitrogens with zero attached hydrogens (tertiary/aromatic N) is 2. The summed E-state index contributed by atoms with van der Waals surface area (Å²) in [4.78, 5) is 0. The Morgan fingerprint density at radius 2 is 2.25 bits per heavy atom. The summed E-state index contributed by atoms with van der Waals surface area (Å²) in [5, 5.41) is 9.50. The lowest BCUT2D eigenvalue weighted by Crippen LogP contribution is -1.75. The lowest BCUT2D eigenvalue weighted by atomic mass is 10.7. The first kappa shape index (κ1) is 5.56. The van der Waals surface area contributed by atoms with Gasteiger partial charge in [0.15, 0.2) is 0 Å². The van der Waals surface area contributed by atoms with Gasteiger partial charge in [-0.05, 0) is 0 Å². The second-order valence-electron chi connectivity index (χ2n) is 1.42. The Morgan fingerprint density at radius 3 is 3.12 bits per heavy atom. The van der Waals surface area contributed by atoms with Gasteiger partial charge in [0.25, 0.3) is 0 Å². The Bertz CT molecular complexity index is 186. The molecule has 1 aliphatic heterocycles. The molecule has 0 amide bonds. The average Bonchev–Trinajstić information content (AvgIpc) is 1.94. The van der Waals surface area contributed by atoms with Gasteiger partial charge in [-0.2, -0.15) is 15.6 Å². The van der Waals surface area contributed by atoms with Gasteiger partial charge in [-0.1, -0.05) is 11.6 Å². The Hall–Kier alpha value is -0.570. The minimum atomic E-state index is 0.195. The Balaban J connectivity index is 2.98. The predicted molar refractivity (Wildman–Crippen MR) is 39.4 cm³/mol. The molecule has 0 aromatic rings. The van der Waals surface area contributed by atoms with E-state index in [1.54, 1.807) is 6.20 Å². The van der Waals surface area contributed by atoms with E-state index in [0.29, 0.717) is 0 Å². The summed E-state index contributed by atoms with van der Waals surface area (Å²) >= 11 is 0. The van der Waals surface area contributed by atoms with Gasteiger partial charge in [-0.15, -0.1) is 6.26 Å². The molecule has 0 saturated heterocycles. The fourth-order valence-corrected chi connectivity index (χ4v) is 0.964. The van der Waals surface area contributed by atoms with Crippen LogP contribution in [0.1, 0.15) is 0 Å². The molecule has 2 nitrogen and oxygen atoms in total. The molecule has 0 spiro atoms. The second-order valence-corrected chi connectivity index (χ2v) is 3.12. The van der Waals surface area contributed by atoms with Crippen LogP contribution in [0.3, 0.4) is 0 Å². The zero-order valence-corrected chi connectivity index (χ0v) is 5.43. The zero-order chi connectivity index (χ0) is 5.82. The first-order valence-corrected chi connectivity index (χ1v) is 4.02. The van der Waals surface area contributed by atoms with Crippen LogP contribution in [0.5, 0.6) is 0 Å². The molecule has 0 aromatic carbocycles. The van der Waals surface area contributed by atoms with Crippen molar-refractivity contribution in [3.63, 3.8) is 0 Å². The maximum atomic E-state index is 3.75. The molecule has 1 aliphatic rings. The van der Waals surface area contributed by atoms with Gasteiger partial charge in [0.05, 0.1) is 0 Å². The molecule has 0 fully saturated rings. The topological polar surface area (TPSA) is 24.7 Å². The SMILES string of the molecule is C[S-]1=CC=CN=NC=1. The normalized spacial score (nSPS) is 19.1. The first-order chi connectivity index (χ1) is 3.89. The summed E-state index contributed by atoms with van der Waals surface area (Å²) in [5.41, 5.74) is 1.83. The van der Waals surface area contributed by atoms with E-state index in [1.807, 2.05) is 11.6 Å². The Morgan fingerprint density at radius 1 is 1.38 bits per heavy atom. The van der Waals surface area contributed by atoms with Crippen molar-refractivity contribution in [2.75, 3.05) is 6.26 Å². The fraction of sp³-hybridized carbons (Fsp3) is 0.200. The van der Waals surface area contributed by atoms with Crippen LogP contribution in [0.2, 0.25) is 0 Å². The van der Waals surface area contributed by atoms with Gasteiger partial charge >= 0.3 is 0 Å². The fourth-order valence-electron chi connectivity index (χ4n) is 0.373. The molecule has 0 N–H and O–H groups in total. The van der Waals surface area contributed by atoms with Crippen LogP contribution in [0, 0.1) is 0 Å². The van der Waals surface area contributed by atoms with Crippen molar-refractivity contribution < 1.29 is 0 Å². The third-order valence-corrected chi connectivity index (χ3v) is 1.74. The van der Waals surface area contributed by atoms with Crippen molar-refractivity contribution in [3.05, 3.63) is 12.3 Å². The molecule has 0 atom stereocenters. The zero-order valence-electron chi connectivity index (χ0n) is 4.61. The van der Waals surface area contributed by atoms with Crippen LogP contribution < -0.4 is 0 Å². The summed E-state index contributed by atoms with van der Waals surface area (Å²) < 4.78 is 0. The summed E-state index contributed by atoms with van der Waals surface area (Å²) in [5.74, 6) is 0. The Labute approximate surface area is 50.4 Å². The van der Waals surface area contributed by atoms with E-state index in [1.165, 1.54) is 0 Å². The minimum Gasteiger partial charge on any atom is -0.454 e. The van der Waals surface area contributed by atoms with Crippen molar-refractivity contribution in [1.82, 2.24) is 0 Å². The number of azo groups is 1. The van der Waals surface area contributed by atoms with Crippen LogP contribution >= 0.6 is 0 Å². The van der Waals surface area contributed by atoms with Gasteiger partial charge in [0.2, 0.25) is 0 Å². The summed E-state index contributed by atoms with van der Waals surface area (Å²) in [6, 6.07) is 0. The highest BCUT2D eigenvalue weighted by Gasteiger charge is 1.60. The predicted octanol–water partition coefficient (Wildman–Crippen LogP) is 0.776. The molecule has 0 aliphatic carbocycles. The van der Waals surface area contributed by atoms with E-state index in [0.717, 1.165) is 0 Å². The molecule has 0 aromatic heterocycles. The molecular formula is C5H7N2S-. The molecular weight excluding hydrogens is 120 g/mol. The van der Waals surface area contributed by atoms with Crippen LogP contribution in [0.15, 0.2) is 22.5 Å². The lowest BCUT2D eigenvalue weighted by molar-refractivity contribution is 1.32. The minimum absolute atomic E-state index is 0.195. The number of hydrogen-bond acceptors (Lipinski definition) is 3. The van der Waals surface area contributed by atoms with E-state index < -0.39 is 0 Å². The molecule has 3 heteroatoms. The van der Waals surface area contributed by atoms with E-state index in [2.05, 4.69) is 21.9 Å². The van der Waals surface area contributed by atoms with Crippen molar-refractivity contribution in [2.24, 2.45) is 10.2 Å². The lowest BCUT2D eigenvalue weighted by Gasteiger charge is -1.90. The van der Waals surface area contributed by atoms with E-state index in [9.17, 15) is 0 Å². The van der Waals surface area contributed by atoms with Crippen molar-refractivity contribution in [2.45, 2.75) is 0 Å². The smallest absolute Gasteiger partial charge is 0.0473 e. The van der Waals surface area contributed by atoms with Gasteiger partial charge in [-0.25, -0.2) is 0 Å². The molecule has 1 heterocycles. The molecule has 0 bridgehead atoms. The largest absolute Gasteiger partial charge is 0.454 e. The third-order valence-electron chi connectivity index (χ3n) is 0.726. The number of hydrogen-bond donors (Lipinski definition) is 0. The van der Waals surface area contributed by atoms with Crippen LogP contribution in [-0.4, -0.2) is 17.1 Å². The van der Waals surface area contributed by atoms with E-state index in [4.69, 9.17) is 0 Å². The third kappa shape index (κ3) is 1.50. The Kier molecular flexibility index (Phi) is 1.86. The molecule has 0 radical (unpaired) electrons. The first-order valence-electron chi connectivity index (χ1n) is 2.26.